The molecule has 1 rings (SSSR count). The van der Waals surface area contributed by atoms with E-state index in [0.717, 1.165) is 19.6 Å². The Morgan fingerprint density at radius 3 is 2.61 bits per heavy atom. The largest absolute Gasteiger partial charge is 0.377 e. The summed E-state index contributed by atoms with van der Waals surface area (Å²) in [5.41, 5.74) is 2.47. The number of benzene rings is 1. The molecule has 98 valence electrons. The second-order valence-corrected chi connectivity index (χ2v) is 4.25. The van der Waals surface area contributed by atoms with E-state index in [2.05, 4.69) is 30.4 Å². The number of hydrogen-bond donors (Lipinski definition) is 1. The van der Waals surface area contributed by atoms with Crippen molar-refractivity contribution < 1.29 is 4.74 Å². The van der Waals surface area contributed by atoms with Crippen LogP contribution in [0.4, 0.5) is 0 Å². The highest BCUT2D eigenvalue weighted by atomic mass is 16.5. The number of hydrogen-bond acceptors (Lipinski definition) is 3. The molecule has 1 unspecified atom stereocenters. The van der Waals surface area contributed by atoms with E-state index in [4.69, 9.17) is 10.00 Å². The van der Waals surface area contributed by atoms with Gasteiger partial charge in [-0.15, -0.1) is 0 Å². The molecule has 0 radical (unpaired) electrons. The highest BCUT2D eigenvalue weighted by Crippen LogP contribution is 2.11. The summed E-state index contributed by atoms with van der Waals surface area (Å²) in [6, 6.07) is 10.8. The highest BCUT2D eigenvalue weighted by molar-refractivity contribution is 5.26. The minimum Gasteiger partial charge on any atom is -0.377 e. The first-order chi connectivity index (χ1) is 8.81. The Hall–Kier alpha value is -1.37. The molecule has 0 aliphatic heterocycles. The molecule has 1 aromatic carbocycles. The minimum absolute atomic E-state index is 0.273. The zero-order chi connectivity index (χ0) is 13.2. The molecule has 0 bridgehead atoms. The quantitative estimate of drug-likeness (QED) is 0.767. The van der Waals surface area contributed by atoms with E-state index in [-0.39, 0.29) is 6.04 Å². The zero-order valence-corrected chi connectivity index (χ0v) is 11.3. The van der Waals surface area contributed by atoms with Crippen LogP contribution in [0.25, 0.3) is 0 Å². The smallest absolute Gasteiger partial charge is 0.0719 e. The van der Waals surface area contributed by atoms with E-state index < -0.39 is 0 Å². The molecule has 0 heterocycles. The van der Waals surface area contributed by atoms with Crippen LogP contribution < -0.4 is 5.32 Å². The molecule has 0 saturated carbocycles. The maximum Gasteiger partial charge on any atom is 0.0719 e. The van der Waals surface area contributed by atoms with Gasteiger partial charge in [-0.2, -0.15) is 5.26 Å². The SMILES string of the molecule is CCOCc1ccccc1CNC(CC)CC#N. The van der Waals surface area contributed by atoms with Crippen LogP contribution in [-0.2, 0) is 17.9 Å². The molecule has 1 N–H and O–H groups in total. The third-order valence-electron chi connectivity index (χ3n) is 2.99. The summed E-state index contributed by atoms with van der Waals surface area (Å²) in [5.74, 6) is 0. The molecule has 0 aliphatic carbocycles. The second-order valence-electron chi connectivity index (χ2n) is 4.25. The molecular formula is C15H22N2O. The van der Waals surface area contributed by atoms with Gasteiger partial charge < -0.3 is 10.1 Å². The van der Waals surface area contributed by atoms with E-state index in [1.165, 1.54) is 11.1 Å². The first-order valence-electron chi connectivity index (χ1n) is 6.56. The number of rotatable bonds is 8. The van der Waals surface area contributed by atoms with Gasteiger partial charge >= 0.3 is 0 Å². The molecule has 0 aliphatic rings. The van der Waals surface area contributed by atoms with Crippen molar-refractivity contribution in [1.82, 2.24) is 5.32 Å². The normalized spacial score (nSPS) is 12.1. The van der Waals surface area contributed by atoms with Gasteiger partial charge in [-0.25, -0.2) is 0 Å². The first kappa shape index (κ1) is 14.7. The van der Waals surface area contributed by atoms with Crippen LogP contribution in [0, 0.1) is 11.3 Å². The van der Waals surface area contributed by atoms with Crippen LogP contribution in [0.1, 0.15) is 37.8 Å². The Bertz CT molecular complexity index is 384. The lowest BCUT2D eigenvalue weighted by molar-refractivity contribution is 0.133. The van der Waals surface area contributed by atoms with Crippen molar-refractivity contribution in [3.8, 4) is 6.07 Å². The van der Waals surface area contributed by atoms with Gasteiger partial charge in [0.15, 0.2) is 0 Å². The summed E-state index contributed by atoms with van der Waals surface area (Å²) in [7, 11) is 0. The molecule has 3 nitrogen and oxygen atoms in total. The van der Waals surface area contributed by atoms with Gasteiger partial charge in [0.05, 0.1) is 19.1 Å². The van der Waals surface area contributed by atoms with Crippen molar-refractivity contribution in [3.05, 3.63) is 35.4 Å². The van der Waals surface area contributed by atoms with Crippen molar-refractivity contribution in [3.63, 3.8) is 0 Å². The lowest BCUT2D eigenvalue weighted by Crippen LogP contribution is -2.27. The Kier molecular flexibility index (Phi) is 7.09. The summed E-state index contributed by atoms with van der Waals surface area (Å²) in [4.78, 5) is 0. The summed E-state index contributed by atoms with van der Waals surface area (Å²) >= 11 is 0. The van der Waals surface area contributed by atoms with Crippen LogP contribution in [0.2, 0.25) is 0 Å². The van der Waals surface area contributed by atoms with Crippen LogP contribution >= 0.6 is 0 Å². The standard InChI is InChI=1S/C15H22N2O/c1-3-15(9-10-16)17-11-13-7-5-6-8-14(13)12-18-4-2/h5-8,15,17H,3-4,9,11-12H2,1-2H3. The van der Waals surface area contributed by atoms with Gasteiger partial charge in [0.25, 0.3) is 0 Å². The molecule has 3 heteroatoms. The highest BCUT2D eigenvalue weighted by Gasteiger charge is 2.07. The van der Waals surface area contributed by atoms with E-state index >= 15 is 0 Å². The fraction of sp³-hybridized carbons (Fsp3) is 0.533. The van der Waals surface area contributed by atoms with E-state index in [1.54, 1.807) is 0 Å². The second kappa shape index (κ2) is 8.68. The summed E-state index contributed by atoms with van der Waals surface area (Å²) in [6.45, 7) is 6.28. The third-order valence-corrected chi connectivity index (χ3v) is 2.99. The molecule has 1 atom stereocenters. The monoisotopic (exact) mass is 246 g/mol. The summed E-state index contributed by atoms with van der Waals surface area (Å²) in [5, 5.41) is 12.2. The number of nitrogens with one attached hydrogen (secondary N) is 1. The lowest BCUT2D eigenvalue weighted by Gasteiger charge is -2.15. The fourth-order valence-corrected chi connectivity index (χ4v) is 1.81. The average molecular weight is 246 g/mol. The molecular weight excluding hydrogens is 224 g/mol. The van der Waals surface area contributed by atoms with E-state index in [9.17, 15) is 0 Å². The first-order valence-corrected chi connectivity index (χ1v) is 6.56. The Labute approximate surface area is 110 Å². The lowest BCUT2D eigenvalue weighted by atomic mass is 10.1. The van der Waals surface area contributed by atoms with Gasteiger partial charge in [-0.1, -0.05) is 31.2 Å². The molecule has 18 heavy (non-hydrogen) atoms. The predicted molar refractivity (Wildman–Crippen MR) is 72.9 cm³/mol. The van der Waals surface area contributed by atoms with Gasteiger partial charge in [-0.05, 0) is 24.5 Å². The summed E-state index contributed by atoms with van der Waals surface area (Å²) in [6.07, 6.45) is 1.53. The Morgan fingerprint density at radius 2 is 2.00 bits per heavy atom. The maximum absolute atomic E-state index is 8.73. The predicted octanol–water partition coefficient (Wildman–Crippen LogP) is 3.00. The Morgan fingerprint density at radius 1 is 1.28 bits per heavy atom. The molecule has 0 fully saturated rings. The van der Waals surface area contributed by atoms with Gasteiger partial charge in [0, 0.05) is 19.2 Å². The molecule has 1 aromatic rings. The topological polar surface area (TPSA) is 45.0 Å². The van der Waals surface area contributed by atoms with Gasteiger partial charge in [0.1, 0.15) is 0 Å². The molecule has 0 aromatic heterocycles. The van der Waals surface area contributed by atoms with E-state index in [0.29, 0.717) is 13.0 Å². The summed E-state index contributed by atoms with van der Waals surface area (Å²) < 4.78 is 5.46. The molecule has 0 amide bonds. The van der Waals surface area contributed by atoms with Crippen LogP contribution in [0.15, 0.2) is 24.3 Å². The third kappa shape index (κ3) is 4.87. The molecule has 0 saturated heterocycles. The van der Waals surface area contributed by atoms with Crippen molar-refractivity contribution in [2.45, 2.75) is 45.9 Å². The van der Waals surface area contributed by atoms with Crippen LogP contribution in [0.5, 0.6) is 0 Å². The number of ether oxygens (including phenoxy) is 1. The fourth-order valence-electron chi connectivity index (χ4n) is 1.81. The molecule has 0 spiro atoms. The van der Waals surface area contributed by atoms with Crippen LogP contribution in [-0.4, -0.2) is 12.6 Å². The average Bonchev–Trinajstić information content (AvgIpc) is 2.42. The van der Waals surface area contributed by atoms with Crippen molar-refractivity contribution in [2.24, 2.45) is 0 Å². The zero-order valence-electron chi connectivity index (χ0n) is 11.3. The van der Waals surface area contributed by atoms with Crippen LogP contribution in [0.3, 0.4) is 0 Å². The van der Waals surface area contributed by atoms with Crippen molar-refractivity contribution in [2.75, 3.05) is 6.61 Å². The van der Waals surface area contributed by atoms with E-state index in [1.807, 2.05) is 19.1 Å². The van der Waals surface area contributed by atoms with Gasteiger partial charge in [0.2, 0.25) is 0 Å². The Balaban J connectivity index is 2.57. The van der Waals surface area contributed by atoms with Crippen molar-refractivity contribution in [1.29, 1.82) is 5.26 Å². The van der Waals surface area contributed by atoms with Crippen molar-refractivity contribution >= 4 is 0 Å². The number of nitriles is 1. The minimum atomic E-state index is 0.273. The maximum atomic E-state index is 8.73. The number of nitrogens with zero attached hydrogens (tertiary/aromatic N) is 1. The van der Waals surface area contributed by atoms with Gasteiger partial charge in [-0.3, -0.25) is 0 Å².